The lowest BCUT2D eigenvalue weighted by atomic mass is 10.3. The molecule has 3 heterocycles. The Kier molecular flexibility index (Phi) is 4.69. The normalized spacial score (nSPS) is 18.4. The second-order valence-electron chi connectivity index (χ2n) is 6.24. The number of benzene rings is 1. The van der Waals surface area contributed by atoms with Gasteiger partial charge in [0.25, 0.3) is 0 Å². The molecule has 0 unspecified atom stereocenters. The van der Waals surface area contributed by atoms with Gasteiger partial charge in [0.1, 0.15) is 5.82 Å². The van der Waals surface area contributed by atoms with Gasteiger partial charge in [0, 0.05) is 44.9 Å². The van der Waals surface area contributed by atoms with E-state index in [2.05, 4.69) is 9.88 Å². The van der Waals surface area contributed by atoms with Crippen LogP contribution >= 0.6 is 0 Å². The molecule has 0 saturated carbocycles. The highest BCUT2D eigenvalue weighted by molar-refractivity contribution is 7.89. The molecule has 26 heavy (non-hydrogen) atoms. The fourth-order valence-electron chi connectivity index (χ4n) is 3.15. The van der Waals surface area contributed by atoms with Gasteiger partial charge >= 0.3 is 0 Å². The Morgan fingerprint density at radius 2 is 1.69 bits per heavy atom. The van der Waals surface area contributed by atoms with Crippen molar-refractivity contribution in [2.75, 3.05) is 44.3 Å². The third-order valence-electron chi connectivity index (χ3n) is 4.57. The van der Waals surface area contributed by atoms with Gasteiger partial charge in [0.05, 0.1) is 18.1 Å². The summed E-state index contributed by atoms with van der Waals surface area (Å²) in [5.41, 5.74) is 0. The van der Waals surface area contributed by atoms with Crippen molar-refractivity contribution in [2.45, 2.75) is 11.3 Å². The first-order chi connectivity index (χ1) is 12.6. The van der Waals surface area contributed by atoms with E-state index in [0.29, 0.717) is 50.9 Å². The molecule has 0 N–H and O–H groups in total. The molecule has 0 spiro atoms. The first-order valence-corrected chi connectivity index (χ1v) is 10.1. The average molecular weight is 375 g/mol. The van der Waals surface area contributed by atoms with Gasteiger partial charge in [-0.2, -0.15) is 4.31 Å². The van der Waals surface area contributed by atoms with E-state index < -0.39 is 10.0 Å². The number of anilines is 1. The molecule has 0 radical (unpaired) electrons. The van der Waals surface area contributed by atoms with Crippen molar-refractivity contribution in [2.24, 2.45) is 0 Å². The number of rotatable bonds is 3. The number of fused-ring (bicyclic) bond motifs is 1. The number of aromatic nitrogens is 1. The smallest absolute Gasteiger partial charge is 0.243 e. The number of hydrogen-bond donors (Lipinski definition) is 0. The minimum atomic E-state index is -3.56. The van der Waals surface area contributed by atoms with Crippen LogP contribution in [-0.4, -0.2) is 57.1 Å². The number of sulfonamides is 1. The highest BCUT2D eigenvalue weighted by atomic mass is 32.2. The second kappa shape index (κ2) is 7.13. The van der Waals surface area contributed by atoms with E-state index in [4.69, 9.17) is 9.47 Å². The van der Waals surface area contributed by atoms with Crippen LogP contribution in [0.15, 0.2) is 47.5 Å². The predicted octanol–water partition coefficient (Wildman–Crippen LogP) is 1.75. The van der Waals surface area contributed by atoms with Crippen molar-refractivity contribution in [3.8, 4) is 11.5 Å². The van der Waals surface area contributed by atoms with Gasteiger partial charge in [-0.3, -0.25) is 0 Å². The van der Waals surface area contributed by atoms with Gasteiger partial charge in [0.2, 0.25) is 10.0 Å². The number of nitrogens with zero attached hydrogens (tertiary/aromatic N) is 3. The maximum Gasteiger partial charge on any atom is 0.243 e. The molecule has 0 amide bonds. The summed E-state index contributed by atoms with van der Waals surface area (Å²) in [6.07, 6.45) is 2.53. The highest BCUT2D eigenvalue weighted by Gasteiger charge is 2.30. The second-order valence-corrected chi connectivity index (χ2v) is 8.18. The van der Waals surface area contributed by atoms with Gasteiger partial charge in [-0.05, 0) is 24.3 Å². The first kappa shape index (κ1) is 17.1. The molecule has 1 saturated heterocycles. The maximum atomic E-state index is 13.0. The molecule has 2 aliphatic heterocycles. The van der Waals surface area contributed by atoms with E-state index in [0.717, 1.165) is 12.2 Å². The fourth-order valence-corrected chi connectivity index (χ4v) is 4.59. The van der Waals surface area contributed by atoms with Crippen molar-refractivity contribution < 1.29 is 17.9 Å². The van der Waals surface area contributed by atoms with Crippen molar-refractivity contribution in [1.82, 2.24) is 9.29 Å². The van der Waals surface area contributed by atoms with Crippen LogP contribution in [0.2, 0.25) is 0 Å². The summed E-state index contributed by atoms with van der Waals surface area (Å²) in [6.45, 7) is 3.18. The van der Waals surface area contributed by atoms with Gasteiger partial charge in [0.15, 0.2) is 11.5 Å². The quantitative estimate of drug-likeness (QED) is 0.814. The summed E-state index contributed by atoms with van der Waals surface area (Å²) in [6, 6.07) is 10.6. The summed E-state index contributed by atoms with van der Waals surface area (Å²) in [7, 11) is -3.56. The number of ether oxygens (including phenoxy) is 2. The van der Waals surface area contributed by atoms with Crippen molar-refractivity contribution >= 4 is 15.8 Å². The molecule has 0 atom stereocenters. The minimum absolute atomic E-state index is 0.244. The lowest BCUT2D eigenvalue weighted by Gasteiger charge is -2.34. The standard InChI is InChI=1S/C18H21N3O4S/c22-26(23,15-5-6-16-17(14-15)25-13-3-12-24-16)21-10-8-20(9-11-21)18-4-1-2-7-19-18/h1-2,4-7,14H,3,8-13H2. The van der Waals surface area contributed by atoms with Crippen LogP contribution in [0.4, 0.5) is 5.82 Å². The first-order valence-electron chi connectivity index (χ1n) is 8.70. The lowest BCUT2D eigenvalue weighted by molar-refractivity contribution is 0.296. The van der Waals surface area contributed by atoms with Crippen LogP contribution in [0.3, 0.4) is 0 Å². The van der Waals surface area contributed by atoms with E-state index in [9.17, 15) is 8.42 Å². The molecule has 2 aliphatic rings. The Morgan fingerprint density at radius 3 is 2.42 bits per heavy atom. The molecule has 1 fully saturated rings. The van der Waals surface area contributed by atoms with Gasteiger partial charge in [-0.15, -0.1) is 0 Å². The molecule has 7 nitrogen and oxygen atoms in total. The minimum Gasteiger partial charge on any atom is -0.490 e. The Balaban J connectivity index is 1.50. The van der Waals surface area contributed by atoms with Crippen LogP contribution in [-0.2, 0) is 10.0 Å². The Labute approximate surface area is 153 Å². The van der Waals surface area contributed by atoms with Crippen LogP contribution < -0.4 is 14.4 Å². The van der Waals surface area contributed by atoms with Crippen molar-refractivity contribution in [1.29, 1.82) is 0 Å². The Bertz CT molecular complexity index is 865. The molecule has 2 aromatic rings. The zero-order valence-electron chi connectivity index (χ0n) is 14.4. The third kappa shape index (κ3) is 3.34. The number of pyridine rings is 1. The molecular formula is C18H21N3O4S. The molecular weight excluding hydrogens is 354 g/mol. The predicted molar refractivity (Wildman–Crippen MR) is 97.3 cm³/mol. The fraction of sp³-hybridized carbons (Fsp3) is 0.389. The van der Waals surface area contributed by atoms with E-state index in [1.165, 1.54) is 4.31 Å². The SMILES string of the molecule is O=S(=O)(c1ccc2c(c1)OCCCO2)N1CCN(c2ccccn2)CC1. The zero-order valence-corrected chi connectivity index (χ0v) is 15.2. The summed E-state index contributed by atoms with van der Waals surface area (Å²) in [4.78, 5) is 6.67. The summed E-state index contributed by atoms with van der Waals surface area (Å²) in [5.74, 6) is 1.97. The molecule has 1 aromatic heterocycles. The van der Waals surface area contributed by atoms with Gasteiger partial charge in [-0.1, -0.05) is 6.07 Å². The topological polar surface area (TPSA) is 72.0 Å². The molecule has 0 aliphatic carbocycles. The van der Waals surface area contributed by atoms with Gasteiger partial charge < -0.3 is 14.4 Å². The van der Waals surface area contributed by atoms with Gasteiger partial charge in [-0.25, -0.2) is 13.4 Å². The molecule has 4 rings (SSSR count). The maximum absolute atomic E-state index is 13.0. The largest absolute Gasteiger partial charge is 0.490 e. The van der Waals surface area contributed by atoms with E-state index >= 15 is 0 Å². The van der Waals surface area contributed by atoms with Crippen LogP contribution in [0.1, 0.15) is 6.42 Å². The average Bonchev–Trinajstić information content (AvgIpc) is 2.93. The number of hydrogen-bond acceptors (Lipinski definition) is 6. The molecule has 0 bridgehead atoms. The van der Waals surface area contributed by atoms with Crippen LogP contribution in [0, 0.1) is 0 Å². The number of piperazine rings is 1. The Morgan fingerprint density at radius 1 is 0.923 bits per heavy atom. The highest BCUT2D eigenvalue weighted by Crippen LogP contribution is 2.33. The summed E-state index contributed by atoms with van der Waals surface area (Å²) < 4.78 is 38.7. The third-order valence-corrected chi connectivity index (χ3v) is 6.46. The van der Waals surface area contributed by atoms with Crippen molar-refractivity contribution in [3.05, 3.63) is 42.6 Å². The molecule has 1 aromatic carbocycles. The molecule has 8 heteroatoms. The van der Waals surface area contributed by atoms with Crippen molar-refractivity contribution in [3.63, 3.8) is 0 Å². The van der Waals surface area contributed by atoms with Crippen LogP contribution in [0.25, 0.3) is 0 Å². The molecule has 138 valence electrons. The summed E-state index contributed by atoms with van der Waals surface area (Å²) >= 11 is 0. The monoisotopic (exact) mass is 375 g/mol. The van der Waals surface area contributed by atoms with E-state index in [-0.39, 0.29) is 4.90 Å². The van der Waals surface area contributed by atoms with Crippen LogP contribution in [0.5, 0.6) is 11.5 Å². The Hall–Kier alpha value is -2.32. The lowest BCUT2D eigenvalue weighted by Crippen LogP contribution is -2.48. The summed E-state index contributed by atoms with van der Waals surface area (Å²) in [5, 5.41) is 0. The van der Waals surface area contributed by atoms with E-state index in [1.54, 1.807) is 24.4 Å². The van der Waals surface area contributed by atoms with E-state index in [1.807, 2.05) is 18.2 Å². The zero-order chi connectivity index (χ0) is 18.0.